The Morgan fingerprint density at radius 3 is 3.00 bits per heavy atom. The first-order valence-corrected chi connectivity index (χ1v) is 5.60. The second-order valence-corrected chi connectivity index (χ2v) is 3.30. The fourth-order valence-corrected chi connectivity index (χ4v) is 1.67. The van der Waals surface area contributed by atoms with Crippen LogP contribution in [0.5, 0.6) is 0 Å². The van der Waals surface area contributed by atoms with Crippen molar-refractivity contribution >= 4 is 5.82 Å². The molecular formula is C12H20N2. The molecule has 2 nitrogen and oxygen atoms in total. The zero-order valence-electron chi connectivity index (χ0n) is 9.38. The lowest BCUT2D eigenvalue weighted by Gasteiger charge is -2.24. The second-order valence-electron chi connectivity index (χ2n) is 3.30. The van der Waals surface area contributed by atoms with Crippen LogP contribution in [0.15, 0.2) is 18.3 Å². The minimum absolute atomic E-state index is 0.632. The molecule has 0 bridgehead atoms. The van der Waals surface area contributed by atoms with Gasteiger partial charge in [-0.1, -0.05) is 26.8 Å². The first-order valence-electron chi connectivity index (χ1n) is 5.60. The molecule has 2 heterocycles. The summed E-state index contributed by atoms with van der Waals surface area (Å²) in [5, 5.41) is 3.44. The summed E-state index contributed by atoms with van der Waals surface area (Å²) >= 11 is 0. The predicted molar refractivity (Wildman–Crippen MR) is 61.6 cm³/mol. The van der Waals surface area contributed by atoms with Gasteiger partial charge in [0.1, 0.15) is 5.82 Å². The zero-order valence-corrected chi connectivity index (χ0v) is 9.38. The van der Waals surface area contributed by atoms with Gasteiger partial charge in [0.25, 0.3) is 0 Å². The van der Waals surface area contributed by atoms with Gasteiger partial charge >= 0.3 is 0 Å². The van der Waals surface area contributed by atoms with Crippen LogP contribution < -0.4 is 5.32 Å². The normalized spacial score (nSPS) is 18.6. The van der Waals surface area contributed by atoms with Crippen LogP contribution in [-0.4, -0.2) is 11.0 Å². The van der Waals surface area contributed by atoms with E-state index in [1.165, 1.54) is 24.8 Å². The summed E-state index contributed by atoms with van der Waals surface area (Å²) in [5.41, 5.74) is 1.36. The topological polar surface area (TPSA) is 24.9 Å². The Morgan fingerprint density at radius 1 is 1.50 bits per heavy atom. The standard InChI is InChI=1S/C10H14N2.C2H6/c1-2-9-6-5-8-4-3-7-11-10(8)12-9;1-2/h3-4,7,9H,2,5-6H2,1H3,(H,11,12);1-2H3/t9-;/m1./s1. The van der Waals surface area contributed by atoms with Gasteiger partial charge < -0.3 is 5.32 Å². The van der Waals surface area contributed by atoms with Gasteiger partial charge in [-0.2, -0.15) is 0 Å². The number of aromatic nitrogens is 1. The Balaban J connectivity index is 0.000000461. The van der Waals surface area contributed by atoms with Crippen molar-refractivity contribution < 1.29 is 0 Å². The Labute approximate surface area is 86.8 Å². The lowest BCUT2D eigenvalue weighted by Crippen LogP contribution is -2.25. The summed E-state index contributed by atoms with van der Waals surface area (Å²) in [7, 11) is 0. The maximum absolute atomic E-state index is 4.31. The molecule has 0 saturated carbocycles. The van der Waals surface area contributed by atoms with Crippen LogP contribution in [0.1, 0.15) is 39.2 Å². The Bertz CT molecular complexity index is 271. The van der Waals surface area contributed by atoms with Crippen molar-refractivity contribution in [2.24, 2.45) is 0 Å². The minimum Gasteiger partial charge on any atom is -0.367 e. The highest BCUT2D eigenvalue weighted by Crippen LogP contribution is 2.22. The molecule has 0 unspecified atom stereocenters. The Morgan fingerprint density at radius 2 is 2.29 bits per heavy atom. The van der Waals surface area contributed by atoms with Gasteiger partial charge in [0.15, 0.2) is 0 Å². The molecule has 1 aromatic rings. The van der Waals surface area contributed by atoms with E-state index < -0.39 is 0 Å². The highest BCUT2D eigenvalue weighted by Gasteiger charge is 2.15. The molecule has 1 aliphatic rings. The van der Waals surface area contributed by atoms with Gasteiger partial charge in [0.05, 0.1) is 0 Å². The Kier molecular flexibility index (Phi) is 4.44. The lowest BCUT2D eigenvalue weighted by molar-refractivity contribution is 0.609. The van der Waals surface area contributed by atoms with Crippen molar-refractivity contribution in [1.82, 2.24) is 4.98 Å². The number of hydrogen-bond donors (Lipinski definition) is 1. The molecular weight excluding hydrogens is 172 g/mol. The summed E-state index contributed by atoms with van der Waals surface area (Å²) in [6.45, 7) is 6.21. The molecule has 0 aliphatic carbocycles. The third-order valence-corrected chi connectivity index (χ3v) is 2.49. The highest BCUT2D eigenvalue weighted by molar-refractivity contribution is 5.46. The number of anilines is 1. The average Bonchev–Trinajstić information content (AvgIpc) is 2.31. The maximum atomic E-state index is 4.31. The molecule has 1 atom stereocenters. The molecule has 0 fully saturated rings. The van der Waals surface area contributed by atoms with Crippen LogP contribution in [0.3, 0.4) is 0 Å². The number of aryl methyl sites for hydroxylation is 1. The fraction of sp³-hybridized carbons (Fsp3) is 0.583. The van der Waals surface area contributed by atoms with Crippen LogP contribution in [0.2, 0.25) is 0 Å². The van der Waals surface area contributed by atoms with Crippen molar-refractivity contribution in [1.29, 1.82) is 0 Å². The predicted octanol–water partition coefficient (Wildman–Crippen LogP) is 3.24. The van der Waals surface area contributed by atoms with Crippen molar-refractivity contribution in [3.05, 3.63) is 23.9 Å². The molecule has 14 heavy (non-hydrogen) atoms. The molecule has 78 valence electrons. The molecule has 2 rings (SSSR count). The van der Waals surface area contributed by atoms with E-state index in [0.29, 0.717) is 6.04 Å². The molecule has 0 saturated heterocycles. The zero-order chi connectivity index (χ0) is 10.4. The van der Waals surface area contributed by atoms with Crippen molar-refractivity contribution in [2.45, 2.75) is 46.1 Å². The second kappa shape index (κ2) is 5.63. The molecule has 1 N–H and O–H groups in total. The van der Waals surface area contributed by atoms with Crippen LogP contribution >= 0.6 is 0 Å². The van der Waals surface area contributed by atoms with E-state index in [4.69, 9.17) is 0 Å². The number of fused-ring (bicyclic) bond motifs is 1. The Hall–Kier alpha value is -1.05. The van der Waals surface area contributed by atoms with Gasteiger partial charge in [-0.25, -0.2) is 4.98 Å². The first-order chi connectivity index (χ1) is 6.90. The summed E-state index contributed by atoms with van der Waals surface area (Å²) in [4.78, 5) is 4.31. The van der Waals surface area contributed by atoms with E-state index in [-0.39, 0.29) is 0 Å². The number of nitrogens with one attached hydrogen (secondary N) is 1. The SMILES string of the molecule is CC.CC[C@@H]1CCc2cccnc2N1. The molecule has 0 aromatic carbocycles. The molecule has 0 radical (unpaired) electrons. The van der Waals surface area contributed by atoms with Gasteiger partial charge in [0.2, 0.25) is 0 Å². The molecule has 0 spiro atoms. The molecule has 0 amide bonds. The van der Waals surface area contributed by atoms with E-state index >= 15 is 0 Å². The highest BCUT2D eigenvalue weighted by atomic mass is 15.0. The number of pyridine rings is 1. The van der Waals surface area contributed by atoms with Crippen molar-refractivity contribution in [2.75, 3.05) is 5.32 Å². The van der Waals surface area contributed by atoms with Crippen molar-refractivity contribution in [3.8, 4) is 0 Å². The summed E-state index contributed by atoms with van der Waals surface area (Å²) in [5.74, 6) is 1.09. The van der Waals surface area contributed by atoms with Gasteiger partial charge in [-0.3, -0.25) is 0 Å². The smallest absolute Gasteiger partial charge is 0.129 e. The van der Waals surface area contributed by atoms with E-state index in [1.807, 2.05) is 26.1 Å². The third-order valence-electron chi connectivity index (χ3n) is 2.49. The number of hydrogen-bond acceptors (Lipinski definition) is 2. The van der Waals surface area contributed by atoms with Gasteiger partial charge in [-0.15, -0.1) is 0 Å². The van der Waals surface area contributed by atoms with Crippen LogP contribution in [0, 0.1) is 0 Å². The monoisotopic (exact) mass is 192 g/mol. The van der Waals surface area contributed by atoms with Gasteiger partial charge in [0, 0.05) is 12.2 Å². The summed E-state index contributed by atoms with van der Waals surface area (Å²) in [6, 6.07) is 4.79. The summed E-state index contributed by atoms with van der Waals surface area (Å²) in [6.07, 6.45) is 5.46. The van der Waals surface area contributed by atoms with Crippen molar-refractivity contribution in [3.63, 3.8) is 0 Å². The summed E-state index contributed by atoms with van der Waals surface area (Å²) < 4.78 is 0. The number of nitrogens with zero attached hydrogens (tertiary/aromatic N) is 1. The fourth-order valence-electron chi connectivity index (χ4n) is 1.67. The maximum Gasteiger partial charge on any atom is 0.129 e. The lowest BCUT2D eigenvalue weighted by atomic mass is 10.00. The van der Waals surface area contributed by atoms with Crippen LogP contribution in [0.4, 0.5) is 5.82 Å². The van der Waals surface area contributed by atoms with Crippen LogP contribution in [-0.2, 0) is 6.42 Å². The van der Waals surface area contributed by atoms with E-state index in [9.17, 15) is 0 Å². The van der Waals surface area contributed by atoms with E-state index in [1.54, 1.807) is 0 Å². The van der Waals surface area contributed by atoms with E-state index in [0.717, 1.165) is 5.82 Å². The molecule has 2 heteroatoms. The van der Waals surface area contributed by atoms with E-state index in [2.05, 4.69) is 23.3 Å². The molecule has 1 aliphatic heterocycles. The largest absolute Gasteiger partial charge is 0.367 e. The average molecular weight is 192 g/mol. The minimum atomic E-state index is 0.632. The quantitative estimate of drug-likeness (QED) is 0.739. The number of rotatable bonds is 1. The van der Waals surface area contributed by atoms with Gasteiger partial charge in [-0.05, 0) is 30.9 Å². The third kappa shape index (κ3) is 2.47. The van der Waals surface area contributed by atoms with Crippen LogP contribution in [0.25, 0.3) is 0 Å². The molecule has 1 aromatic heterocycles. The first kappa shape index (κ1) is 11.0.